The zero-order valence-corrected chi connectivity index (χ0v) is 20.8. The molecule has 2 unspecified atom stereocenters. The Hall–Kier alpha value is -3.47. The third-order valence-electron chi connectivity index (χ3n) is 6.57. The highest BCUT2D eigenvalue weighted by molar-refractivity contribution is 7.98. The second kappa shape index (κ2) is 9.53. The largest absolute Gasteiger partial charge is 0.377 e. The Morgan fingerprint density at radius 2 is 2.00 bits per heavy atom. The molecule has 0 bridgehead atoms. The van der Waals surface area contributed by atoms with E-state index in [2.05, 4.69) is 43.3 Å². The van der Waals surface area contributed by atoms with E-state index in [4.69, 9.17) is 14.2 Å². The molecule has 36 heavy (non-hydrogen) atoms. The summed E-state index contributed by atoms with van der Waals surface area (Å²) >= 11 is 1.57. The molecule has 2 fully saturated rings. The smallest absolute Gasteiger partial charge is 0.290 e. The molecule has 4 heterocycles. The van der Waals surface area contributed by atoms with Crippen LogP contribution in [0.2, 0.25) is 0 Å². The van der Waals surface area contributed by atoms with Crippen molar-refractivity contribution in [2.45, 2.75) is 26.1 Å². The summed E-state index contributed by atoms with van der Waals surface area (Å²) in [4.78, 5) is 24.8. The second-order valence-electron chi connectivity index (χ2n) is 8.95. The first kappa shape index (κ1) is 23.0. The van der Waals surface area contributed by atoms with Gasteiger partial charge in [0, 0.05) is 23.2 Å². The van der Waals surface area contributed by atoms with Gasteiger partial charge in [-0.3, -0.25) is 4.79 Å². The minimum atomic E-state index is -0.296. The lowest BCUT2D eigenvalue weighted by atomic mass is 10.0. The Morgan fingerprint density at radius 1 is 1.17 bits per heavy atom. The molecule has 2 atom stereocenters. The molecule has 0 radical (unpaired) electrons. The summed E-state index contributed by atoms with van der Waals surface area (Å²) in [7, 11) is 0. The van der Waals surface area contributed by atoms with Crippen molar-refractivity contribution in [1.82, 2.24) is 25.2 Å². The van der Waals surface area contributed by atoms with Crippen LogP contribution in [0.3, 0.4) is 0 Å². The Labute approximate surface area is 212 Å². The van der Waals surface area contributed by atoms with Crippen LogP contribution >= 0.6 is 11.9 Å². The normalized spacial score (nSPS) is 19.8. The Morgan fingerprint density at radius 3 is 2.72 bits per heavy atom. The summed E-state index contributed by atoms with van der Waals surface area (Å²) in [6.07, 6.45) is -0.0763. The van der Waals surface area contributed by atoms with Crippen molar-refractivity contribution in [2.24, 2.45) is 0 Å². The topological polar surface area (TPSA) is 105 Å². The van der Waals surface area contributed by atoms with Crippen molar-refractivity contribution in [3.05, 3.63) is 71.4 Å². The standard InChI is InChI=1S/C26H26N6O3S/c1-15-23(16(2)35-30-15)18-8-9-20-19(12-18)25(29-24(27-20)26(33)28-22-14-36-31-22)32-10-11-34-13-21(32)17-6-4-3-5-7-17/h3-9,12,21-22,31H,10-11,13-14H2,1-2H3,(H,28,33). The molecule has 2 aliphatic rings. The van der Waals surface area contributed by atoms with E-state index in [0.29, 0.717) is 31.1 Å². The number of aryl methyl sites for hydroxylation is 2. The van der Waals surface area contributed by atoms with Gasteiger partial charge in [0.15, 0.2) is 0 Å². The molecule has 0 aliphatic carbocycles. The molecule has 2 aliphatic heterocycles. The van der Waals surface area contributed by atoms with Crippen molar-refractivity contribution >= 4 is 34.6 Å². The van der Waals surface area contributed by atoms with Gasteiger partial charge in [-0.1, -0.05) is 53.5 Å². The first-order chi connectivity index (χ1) is 17.6. The minimum Gasteiger partial charge on any atom is -0.377 e. The summed E-state index contributed by atoms with van der Waals surface area (Å²) in [6, 6.07) is 16.2. The van der Waals surface area contributed by atoms with Gasteiger partial charge in [0.25, 0.3) is 5.91 Å². The van der Waals surface area contributed by atoms with E-state index in [-0.39, 0.29) is 23.9 Å². The lowest BCUT2D eigenvalue weighted by Gasteiger charge is -2.37. The highest BCUT2D eigenvalue weighted by Crippen LogP contribution is 2.36. The van der Waals surface area contributed by atoms with E-state index in [9.17, 15) is 4.79 Å². The lowest BCUT2D eigenvalue weighted by molar-refractivity contribution is 0.0921. The van der Waals surface area contributed by atoms with Gasteiger partial charge in [-0.15, -0.1) is 0 Å². The fourth-order valence-electron chi connectivity index (χ4n) is 4.75. The van der Waals surface area contributed by atoms with Crippen LogP contribution in [-0.2, 0) is 4.74 Å². The highest BCUT2D eigenvalue weighted by atomic mass is 32.2. The third kappa shape index (κ3) is 4.21. The van der Waals surface area contributed by atoms with Gasteiger partial charge in [-0.25, -0.2) is 14.7 Å². The number of hydrogen-bond donors (Lipinski definition) is 2. The molecule has 2 N–H and O–H groups in total. The molecule has 10 heteroatoms. The molecular weight excluding hydrogens is 476 g/mol. The third-order valence-corrected chi connectivity index (χ3v) is 7.52. The van der Waals surface area contributed by atoms with Crippen molar-refractivity contribution in [3.8, 4) is 11.1 Å². The molecule has 2 aromatic carbocycles. The average molecular weight is 503 g/mol. The van der Waals surface area contributed by atoms with Gasteiger partial charge in [0.1, 0.15) is 11.6 Å². The molecule has 2 aromatic heterocycles. The number of aromatic nitrogens is 3. The number of anilines is 1. The predicted molar refractivity (Wildman–Crippen MR) is 139 cm³/mol. The summed E-state index contributed by atoms with van der Waals surface area (Å²) in [5, 5.41) is 7.95. The Bertz CT molecular complexity index is 1400. The van der Waals surface area contributed by atoms with Crippen LogP contribution in [0.4, 0.5) is 5.82 Å². The quantitative estimate of drug-likeness (QED) is 0.394. The van der Waals surface area contributed by atoms with Crippen LogP contribution in [-0.4, -0.2) is 52.7 Å². The van der Waals surface area contributed by atoms with Gasteiger partial charge >= 0.3 is 0 Å². The molecule has 1 amide bonds. The molecule has 2 saturated heterocycles. The molecule has 4 aromatic rings. The van der Waals surface area contributed by atoms with Crippen molar-refractivity contribution in [3.63, 3.8) is 0 Å². The molecular formula is C26H26N6O3S. The Kier molecular flexibility index (Phi) is 6.08. The molecule has 0 saturated carbocycles. The number of morpholine rings is 1. The van der Waals surface area contributed by atoms with Crippen molar-refractivity contribution in [1.29, 1.82) is 0 Å². The number of benzene rings is 2. The van der Waals surface area contributed by atoms with Crippen LogP contribution in [0.1, 0.15) is 33.7 Å². The SMILES string of the molecule is Cc1noc(C)c1-c1ccc2nc(C(=O)NC3CSN3)nc(N3CCOCC3c3ccccc3)c2c1. The Balaban J connectivity index is 1.50. The van der Waals surface area contributed by atoms with Crippen molar-refractivity contribution < 1.29 is 14.1 Å². The average Bonchev–Trinajstić information content (AvgIpc) is 3.23. The number of carbonyl (C=O) groups excluding carboxylic acids is 1. The van der Waals surface area contributed by atoms with Gasteiger partial charge in [-0.2, -0.15) is 0 Å². The van der Waals surface area contributed by atoms with Gasteiger partial charge in [-0.05, 0) is 37.1 Å². The summed E-state index contributed by atoms with van der Waals surface area (Å²) in [6.45, 7) is 5.58. The van der Waals surface area contributed by atoms with E-state index < -0.39 is 0 Å². The van der Waals surface area contributed by atoms with E-state index in [1.54, 1.807) is 11.9 Å². The molecule has 6 rings (SSSR count). The number of fused-ring (bicyclic) bond motifs is 1. The molecule has 9 nitrogen and oxygen atoms in total. The summed E-state index contributed by atoms with van der Waals surface area (Å²) in [5.74, 6) is 2.14. The first-order valence-electron chi connectivity index (χ1n) is 11.9. The van der Waals surface area contributed by atoms with Gasteiger partial charge < -0.3 is 19.5 Å². The van der Waals surface area contributed by atoms with E-state index >= 15 is 0 Å². The number of rotatable bonds is 5. The van der Waals surface area contributed by atoms with Crippen LogP contribution in [0, 0.1) is 13.8 Å². The second-order valence-corrected chi connectivity index (χ2v) is 9.81. The van der Waals surface area contributed by atoms with Crippen LogP contribution < -0.4 is 14.9 Å². The number of hydrogen-bond acceptors (Lipinski definition) is 9. The molecule has 184 valence electrons. The van der Waals surface area contributed by atoms with Crippen LogP contribution in [0.25, 0.3) is 22.0 Å². The minimum absolute atomic E-state index is 0.0404. The summed E-state index contributed by atoms with van der Waals surface area (Å²) < 4.78 is 14.4. The number of nitrogens with one attached hydrogen (secondary N) is 2. The molecule has 0 spiro atoms. The number of ether oxygens (including phenoxy) is 1. The summed E-state index contributed by atoms with van der Waals surface area (Å²) in [5.41, 5.74) is 4.59. The maximum Gasteiger partial charge on any atom is 0.290 e. The maximum absolute atomic E-state index is 13.1. The van der Waals surface area contributed by atoms with E-state index in [1.165, 1.54) is 0 Å². The zero-order valence-electron chi connectivity index (χ0n) is 20.0. The van der Waals surface area contributed by atoms with Crippen molar-refractivity contribution in [2.75, 3.05) is 30.4 Å². The number of nitrogens with zero attached hydrogens (tertiary/aromatic N) is 4. The fraction of sp³-hybridized carbons (Fsp3) is 0.308. The van der Waals surface area contributed by atoms with Crippen LogP contribution in [0.5, 0.6) is 0 Å². The zero-order chi connectivity index (χ0) is 24.6. The lowest BCUT2D eigenvalue weighted by Crippen LogP contribution is -2.51. The van der Waals surface area contributed by atoms with E-state index in [0.717, 1.165) is 39.3 Å². The van der Waals surface area contributed by atoms with Crippen LogP contribution in [0.15, 0.2) is 53.1 Å². The van der Waals surface area contributed by atoms with Gasteiger partial charge in [0.05, 0.1) is 36.6 Å². The predicted octanol–water partition coefficient (Wildman–Crippen LogP) is 3.79. The van der Waals surface area contributed by atoms with E-state index in [1.807, 2.05) is 44.2 Å². The highest BCUT2D eigenvalue weighted by Gasteiger charge is 2.30. The first-order valence-corrected chi connectivity index (χ1v) is 12.9. The van der Waals surface area contributed by atoms with Gasteiger partial charge in [0.2, 0.25) is 5.82 Å². The monoisotopic (exact) mass is 502 g/mol. The number of amides is 1. The number of carbonyl (C=O) groups is 1. The maximum atomic E-state index is 13.1. The fourth-order valence-corrected chi connectivity index (χ4v) is 5.23.